The molecule has 26 heavy (non-hydrogen) atoms. The van der Waals surface area contributed by atoms with Gasteiger partial charge in [-0.1, -0.05) is 18.2 Å². The number of rotatable bonds is 6. The van der Waals surface area contributed by atoms with Gasteiger partial charge in [0.05, 0.1) is 12.1 Å². The maximum Gasteiger partial charge on any atom is 0.387 e. The van der Waals surface area contributed by atoms with Gasteiger partial charge in [-0.3, -0.25) is 9.59 Å². The molecule has 5 nitrogen and oxygen atoms in total. The topological polar surface area (TPSA) is 67.4 Å². The molecule has 2 aromatic rings. The van der Waals surface area contributed by atoms with E-state index in [0.717, 1.165) is 19.3 Å². The normalized spacial score (nSPS) is 12.6. The molecule has 1 aliphatic carbocycles. The molecule has 0 aliphatic heterocycles. The van der Waals surface area contributed by atoms with E-state index in [9.17, 15) is 18.4 Å². The number of para-hydroxylation sites is 1. The van der Waals surface area contributed by atoms with Crippen molar-refractivity contribution < 1.29 is 23.1 Å². The standard InChI is InChI=1S/C19H18F2N2O3/c20-19(21)26-16-7-2-1-6-15(16)18(25)22-11-17(24)23-14-9-8-12-4-3-5-13(12)10-14/h1-2,6-10,19H,3-5,11H2,(H,22,25)(H,23,24). The fourth-order valence-electron chi connectivity index (χ4n) is 2.96. The van der Waals surface area contributed by atoms with Crippen LogP contribution in [0.4, 0.5) is 14.5 Å². The van der Waals surface area contributed by atoms with Gasteiger partial charge in [-0.05, 0) is 54.7 Å². The summed E-state index contributed by atoms with van der Waals surface area (Å²) in [6.45, 7) is -3.31. The predicted molar refractivity (Wildman–Crippen MR) is 92.5 cm³/mol. The molecule has 0 fully saturated rings. The summed E-state index contributed by atoms with van der Waals surface area (Å²) in [5.41, 5.74) is 3.14. The molecule has 0 saturated carbocycles. The lowest BCUT2D eigenvalue weighted by Gasteiger charge is -2.11. The van der Waals surface area contributed by atoms with E-state index in [-0.39, 0.29) is 17.9 Å². The first-order chi connectivity index (χ1) is 12.5. The molecule has 2 N–H and O–H groups in total. The number of hydrogen-bond donors (Lipinski definition) is 2. The number of carbonyl (C=O) groups excluding carboxylic acids is 2. The molecular weight excluding hydrogens is 342 g/mol. The van der Waals surface area contributed by atoms with Crippen molar-refractivity contribution in [3.63, 3.8) is 0 Å². The number of hydrogen-bond acceptors (Lipinski definition) is 3. The van der Waals surface area contributed by atoms with E-state index >= 15 is 0 Å². The number of aryl methyl sites for hydroxylation is 2. The first-order valence-electron chi connectivity index (χ1n) is 8.26. The van der Waals surface area contributed by atoms with Crippen LogP contribution in [-0.2, 0) is 17.6 Å². The number of alkyl halides is 2. The third-order valence-electron chi connectivity index (χ3n) is 4.14. The van der Waals surface area contributed by atoms with Gasteiger partial charge in [-0.2, -0.15) is 8.78 Å². The summed E-state index contributed by atoms with van der Waals surface area (Å²) < 4.78 is 29.1. The van der Waals surface area contributed by atoms with Crippen LogP contribution < -0.4 is 15.4 Å². The van der Waals surface area contributed by atoms with Crippen molar-refractivity contribution >= 4 is 17.5 Å². The Morgan fingerprint density at radius 2 is 1.85 bits per heavy atom. The molecule has 0 unspecified atom stereocenters. The van der Waals surface area contributed by atoms with Gasteiger partial charge in [0.1, 0.15) is 5.75 Å². The number of benzene rings is 2. The van der Waals surface area contributed by atoms with E-state index in [2.05, 4.69) is 15.4 Å². The van der Waals surface area contributed by atoms with Crippen molar-refractivity contribution in [2.24, 2.45) is 0 Å². The molecule has 136 valence electrons. The fraction of sp³-hybridized carbons (Fsp3) is 0.263. The maximum atomic E-state index is 12.4. The lowest BCUT2D eigenvalue weighted by Crippen LogP contribution is -2.33. The van der Waals surface area contributed by atoms with Crippen molar-refractivity contribution in [2.45, 2.75) is 25.9 Å². The number of carbonyl (C=O) groups is 2. The molecule has 0 saturated heterocycles. The Labute approximate surface area is 149 Å². The van der Waals surface area contributed by atoms with Crippen LogP contribution >= 0.6 is 0 Å². The minimum Gasteiger partial charge on any atom is -0.434 e. The second-order valence-electron chi connectivity index (χ2n) is 5.94. The van der Waals surface area contributed by atoms with Gasteiger partial charge in [0.15, 0.2) is 0 Å². The average Bonchev–Trinajstić information content (AvgIpc) is 3.07. The molecule has 2 aromatic carbocycles. The van der Waals surface area contributed by atoms with Crippen LogP contribution in [0.25, 0.3) is 0 Å². The minimum atomic E-state index is -3.04. The van der Waals surface area contributed by atoms with E-state index in [1.807, 2.05) is 18.2 Å². The highest BCUT2D eigenvalue weighted by atomic mass is 19.3. The molecule has 0 atom stereocenters. The van der Waals surface area contributed by atoms with E-state index in [4.69, 9.17) is 0 Å². The molecule has 1 aliphatic rings. The largest absolute Gasteiger partial charge is 0.434 e. The monoisotopic (exact) mass is 360 g/mol. The molecule has 3 rings (SSSR count). The second kappa shape index (κ2) is 7.95. The summed E-state index contributed by atoms with van der Waals surface area (Å²) in [5.74, 6) is -1.30. The van der Waals surface area contributed by atoms with Gasteiger partial charge in [-0.25, -0.2) is 0 Å². The number of amides is 2. The van der Waals surface area contributed by atoms with Crippen LogP contribution in [0.5, 0.6) is 5.75 Å². The molecule has 0 spiro atoms. The van der Waals surface area contributed by atoms with E-state index in [1.54, 1.807) is 0 Å². The zero-order valence-corrected chi connectivity index (χ0v) is 13.9. The van der Waals surface area contributed by atoms with Crippen LogP contribution in [0, 0.1) is 0 Å². The molecule has 0 heterocycles. The average molecular weight is 360 g/mol. The van der Waals surface area contributed by atoms with Crippen molar-refractivity contribution in [3.8, 4) is 5.75 Å². The summed E-state index contributed by atoms with van der Waals surface area (Å²) in [7, 11) is 0. The Morgan fingerprint density at radius 3 is 2.65 bits per heavy atom. The fourth-order valence-corrected chi connectivity index (χ4v) is 2.96. The smallest absolute Gasteiger partial charge is 0.387 e. The van der Waals surface area contributed by atoms with Crippen molar-refractivity contribution in [3.05, 3.63) is 59.2 Å². The molecule has 7 heteroatoms. The number of nitrogens with one attached hydrogen (secondary N) is 2. The van der Waals surface area contributed by atoms with E-state index in [1.165, 1.54) is 35.4 Å². The zero-order chi connectivity index (χ0) is 18.5. The highest BCUT2D eigenvalue weighted by molar-refractivity contribution is 6.00. The first kappa shape index (κ1) is 17.8. The summed E-state index contributed by atoms with van der Waals surface area (Å²) in [6.07, 6.45) is 3.17. The van der Waals surface area contributed by atoms with Crippen molar-refractivity contribution in [1.29, 1.82) is 0 Å². The Morgan fingerprint density at radius 1 is 1.08 bits per heavy atom. The van der Waals surface area contributed by atoms with Crippen LogP contribution in [0.1, 0.15) is 27.9 Å². The Balaban J connectivity index is 1.57. The summed E-state index contributed by atoms with van der Waals surface area (Å²) >= 11 is 0. The maximum absolute atomic E-state index is 12.4. The van der Waals surface area contributed by atoms with Crippen LogP contribution in [0.2, 0.25) is 0 Å². The molecule has 0 aromatic heterocycles. The number of halogens is 2. The third-order valence-corrected chi connectivity index (χ3v) is 4.14. The Kier molecular flexibility index (Phi) is 5.46. The number of ether oxygens (including phenoxy) is 1. The van der Waals surface area contributed by atoms with Crippen LogP contribution in [0.3, 0.4) is 0 Å². The number of anilines is 1. The lowest BCUT2D eigenvalue weighted by molar-refractivity contribution is -0.115. The zero-order valence-electron chi connectivity index (χ0n) is 13.9. The number of fused-ring (bicyclic) bond motifs is 1. The van der Waals surface area contributed by atoms with Gasteiger partial charge in [0.2, 0.25) is 5.91 Å². The molecule has 0 bridgehead atoms. The Bertz CT molecular complexity index is 824. The SMILES string of the molecule is O=C(CNC(=O)c1ccccc1OC(F)F)Nc1ccc2c(c1)CCC2. The van der Waals surface area contributed by atoms with Gasteiger partial charge in [0, 0.05) is 5.69 Å². The second-order valence-corrected chi connectivity index (χ2v) is 5.94. The van der Waals surface area contributed by atoms with Crippen molar-refractivity contribution in [1.82, 2.24) is 5.32 Å². The predicted octanol–water partition coefficient (Wildman–Crippen LogP) is 3.15. The summed E-state index contributed by atoms with van der Waals surface area (Å²) in [6, 6.07) is 11.4. The summed E-state index contributed by atoms with van der Waals surface area (Å²) in [4.78, 5) is 24.2. The van der Waals surface area contributed by atoms with E-state index < -0.39 is 18.4 Å². The molecule has 0 radical (unpaired) electrons. The Hall–Kier alpha value is -2.96. The van der Waals surface area contributed by atoms with Gasteiger partial charge >= 0.3 is 6.61 Å². The van der Waals surface area contributed by atoms with Gasteiger partial charge in [0.25, 0.3) is 5.91 Å². The van der Waals surface area contributed by atoms with Gasteiger partial charge in [-0.15, -0.1) is 0 Å². The quantitative estimate of drug-likeness (QED) is 0.832. The third kappa shape index (κ3) is 4.36. The minimum absolute atomic E-state index is 0.0573. The summed E-state index contributed by atoms with van der Waals surface area (Å²) in [5, 5.41) is 5.13. The highest BCUT2D eigenvalue weighted by Gasteiger charge is 2.16. The van der Waals surface area contributed by atoms with Crippen LogP contribution in [-0.4, -0.2) is 25.0 Å². The van der Waals surface area contributed by atoms with Crippen LogP contribution in [0.15, 0.2) is 42.5 Å². The lowest BCUT2D eigenvalue weighted by atomic mass is 10.1. The van der Waals surface area contributed by atoms with Gasteiger partial charge < -0.3 is 15.4 Å². The van der Waals surface area contributed by atoms with E-state index in [0.29, 0.717) is 5.69 Å². The van der Waals surface area contributed by atoms with Crippen molar-refractivity contribution in [2.75, 3.05) is 11.9 Å². The first-order valence-corrected chi connectivity index (χ1v) is 8.26. The highest BCUT2D eigenvalue weighted by Crippen LogP contribution is 2.25. The molecule has 2 amide bonds. The molecular formula is C19H18F2N2O3.